The van der Waals surface area contributed by atoms with E-state index in [4.69, 9.17) is 16.3 Å². The molecule has 8 amide bonds. The summed E-state index contributed by atoms with van der Waals surface area (Å²) in [6, 6.07) is -8.38. The molecule has 1 unspecified atom stereocenters. The van der Waals surface area contributed by atoms with Crippen LogP contribution in [0.15, 0.2) is 18.2 Å². The molecule has 23 heteroatoms. The summed E-state index contributed by atoms with van der Waals surface area (Å²) in [6.07, 6.45) is -6.53. The number of phenols is 1. The van der Waals surface area contributed by atoms with Crippen molar-refractivity contribution in [1.29, 1.82) is 0 Å². The molecule has 22 nitrogen and oxygen atoms in total. The number of halogens is 1. The summed E-state index contributed by atoms with van der Waals surface area (Å²) in [5, 5.41) is 58.1. The van der Waals surface area contributed by atoms with E-state index in [0.717, 1.165) is 9.80 Å². The number of likely N-dealkylation sites (N-methyl/N-ethyl adjacent to an activating group) is 1. The van der Waals surface area contributed by atoms with Crippen LogP contribution in [-0.4, -0.2) is 163 Å². The molecule has 3 rings (SSSR count). The van der Waals surface area contributed by atoms with Gasteiger partial charge in [-0.05, 0) is 82.9 Å². The number of phenolic OH excluding ortho intramolecular Hbond substituents is 1. The zero-order chi connectivity index (χ0) is 51.5. The number of aliphatic hydroxyl groups is 3. The van der Waals surface area contributed by atoms with Crippen LogP contribution in [0.3, 0.4) is 0 Å². The van der Waals surface area contributed by atoms with Gasteiger partial charge >= 0.3 is 5.97 Å². The number of esters is 1. The van der Waals surface area contributed by atoms with Crippen molar-refractivity contribution in [3.8, 4) is 5.75 Å². The molecular weight excluding hydrogens is 912 g/mol. The minimum absolute atomic E-state index is 0.0394. The third kappa shape index (κ3) is 15.0. The maximum atomic E-state index is 14.6. The van der Waals surface area contributed by atoms with Gasteiger partial charge in [0.25, 0.3) is 0 Å². The molecule has 2 fully saturated rings. The van der Waals surface area contributed by atoms with Crippen molar-refractivity contribution in [3.63, 3.8) is 0 Å². The number of fused-ring (bicyclic) bond motifs is 2. The first-order valence-corrected chi connectivity index (χ1v) is 23.2. The summed E-state index contributed by atoms with van der Waals surface area (Å²) < 4.78 is 5.79. The molecule has 0 spiro atoms. The molecule has 10 N–H and O–H groups in total. The van der Waals surface area contributed by atoms with E-state index in [1.807, 2.05) is 0 Å². The molecule has 2 heterocycles. The van der Waals surface area contributed by atoms with E-state index in [0.29, 0.717) is 12.0 Å². The summed E-state index contributed by atoms with van der Waals surface area (Å²) in [5.41, 5.74) is 0.330. The third-order valence-electron chi connectivity index (χ3n) is 11.7. The predicted octanol–water partition coefficient (Wildman–Crippen LogP) is -1.14. The second kappa shape index (κ2) is 25.2. The number of aliphatic hydroxyl groups excluding tert-OH is 3. The van der Waals surface area contributed by atoms with Crippen molar-refractivity contribution >= 4 is 64.8 Å². The van der Waals surface area contributed by atoms with Gasteiger partial charge in [-0.25, -0.2) is 4.79 Å². The van der Waals surface area contributed by atoms with E-state index in [1.54, 1.807) is 34.6 Å². The average Bonchev–Trinajstić information content (AvgIpc) is 3.24. The minimum atomic E-state index is -1.86. The van der Waals surface area contributed by atoms with Gasteiger partial charge in [-0.1, -0.05) is 52.3 Å². The van der Waals surface area contributed by atoms with E-state index in [9.17, 15) is 63.6 Å². The Kier molecular flexibility index (Phi) is 21.0. The number of carbonyl (C=O) groups is 9. The van der Waals surface area contributed by atoms with Gasteiger partial charge in [0, 0.05) is 19.9 Å². The minimum Gasteiger partial charge on any atom is -0.506 e. The van der Waals surface area contributed by atoms with Crippen LogP contribution in [0.4, 0.5) is 0 Å². The van der Waals surface area contributed by atoms with Crippen LogP contribution < -0.4 is 31.9 Å². The van der Waals surface area contributed by atoms with Crippen LogP contribution >= 0.6 is 11.6 Å². The molecule has 1 aromatic rings. The molecule has 1 aromatic carbocycles. The summed E-state index contributed by atoms with van der Waals surface area (Å²) in [6.45, 7) is 13.3. The van der Waals surface area contributed by atoms with Gasteiger partial charge in [0.05, 0.1) is 17.2 Å². The van der Waals surface area contributed by atoms with Crippen LogP contribution in [0, 0.1) is 11.8 Å². The monoisotopic (exact) mass is 980 g/mol. The maximum Gasteiger partial charge on any atom is 0.329 e. The molecule has 2 saturated heterocycles. The fourth-order valence-electron chi connectivity index (χ4n) is 7.82. The fraction of sp³-hybridized carbons (Fsp3) is 0.667. The first-order valence-electron chi connectivity index (χ1n) is 22.8. The van der Waals surface area contributed by atoms with Gasteiger partial charge in [-0.15, -0.1) is 0 Å². The lowest BCUT2D eigenvalue weighted by atomic mass is 9.96. The van der Waals surface area contributed by atoms with Crippen LogP contribution in [-0.2, 0) is 54.3 Å². The largest absolute Gasteiger partial charge is 0.506 e. The van der Waals surface area contributed by atoms with Crippen molar-refractivity contribution in [2.75, 3.05) is 7.05 Å². The Labute approximate surface area is 401 Å². The van der Waals surface area contributed by atoms with Gasteiger partial charge in [0.15, 0.2) is 0 Å². The number of hydrogen-bond donors (Lipinski definition) is 10. The average molecular weight is 982 g/mol. The zero-order valence-corrected chi connectivity index (χ0v) is 41.0. The normalized spacial score (nSPS) is 26.5. The maximum absolute atomic E-state index is 14.6. The smallest absolute Gasteiger partial charge is 0.329 e. The highest BCUT2D eigenvalue weighted by Crippen LogP contribution is 2.27. The molecule has 12 atom stereocenters. The van der Waals surface area contributed by atoms with E-state index >= 15 is 0 Å². The van der Waals surface area contributed by atoms with Crippen molar-refractivity contribution in [3.05, 3.63) is 28.8 Å². The first kappa shape index (κ1) is 56.7. The number of hydrogen-bond acceptors (Lipinski definition) is 14. The number of cyclic esters (lactones) is 1. The highest BCUT2D eigenvalue weighted by atomic mass is 35.5. The lowest BCUT2D eigenvalue weighted by molar-refractivity contribution is -0.170. The standard InChI is InChI=1S/C45H69ClN8O14/c1-11-12-32(58)47-22(6)38(60)51-35(23(7)55)41(63)52-36-25(9)68-45(67)34(21(4)5)50-40(62)30(19-26-13-15-31(57)27(46)18-26)53(10)44(66)37(24(8)56)54-33(59)16-14-28(43(54)65)48-39(61)29(17-20(2)3)49-42(36)64/h13,15,18,20-25,28-30,33-37,55-57,59H,11-12,14,16-17,19H2,1-10H3,(H,47,58)(H,48,61)(H,49,64)(H,50,62)(H,51,60)(H,52,63)/t22-,23+,24+,25+,28+,29-,30-,33-,34?,35-,36-,37-/m0/s1. The van der Waals surface area contributed by atoms with E-state index < -0.39 is 132 Å². The molecule has 2 aliphatic heterocycles. The van der Waals surface area contributed by atoms with Gasteiger partial charge in [0.2, 0.25) is 47.3 Å². The van der Waals surface area contributed by atoms with Crippen LogP contribution in [0.2, 0.25) is 5.02 Å². The van der Waals surface area contributed by atoms with Crippen molar-refractivity contribution in [1.82, 2.24) is 41.7 Å². The quantitative estimate of drug-likeness (QED) is 0.0987. The van der Waals surface area contributed by atoms with Gasteiger partial charge in [-0.3, -0.25) is 38.4 Å². The second-order valence-corrected chi connectivity index (χ2v) is 18.7. The third-order valence-corrected chi connectivity index (χ3v) is 12.0. The number of aromatic hydroxyl groups is 1. The van der Waals surface area contributed by atoms with Crippen molar-refractivity contribution in [2.24, 2.45) is 11.8 Å². The first-order chi connectivity index (χ1) is 31.7. The Morgan fingerprint density at radius 2 is 1.53 bits per heavy atom. The summed E-state index contributed by atoms with van der Waals surface area (Å²) in [7, 11) is 1.21. The van der Waals surface area contributed by atoms with Crippen LogP contribution in [0.5, 0.6) is 5.75 Å². The Morgan fingerprint density at radius 1 is 0.882 bits per heavy atom. The number of piperidine rings is 1. The van der Waals surface area contributed by atoms with E-state index in [2.05, 4.69) is 31.9 Å². The Hall–Kier alpha value is -5.58. The van der Waals surface area contributed by atoms with Crippen molar-refractivity contribution < 1.29 is 68.3 Å². The Balaban J connectivity index is 2.20. The van der Waals surface area contributed by atoms with Gasteiger partial charge in [-0.2, -0.15) is 0 Å². The number of nitrogens with one attached hydrogen (secondary N) is 6. The topological polar surface area (TPSA) is 322 Å². The second-order valence-electron chi connectivity index (χ2n) is 18.3. The Bertz CT molecular complexity index is 2020. The van der Waals surface area contributed by atoms with E-state index in [1.165, 1.54) is 52.9 Å². The lowest BCUT2D eigenvalue weighted by Crippen LogP contribution is -2.67. The summed E-state index contributed by atoms with van der Waals surface area (Å²) >= 11 is 6.19. The molecule has 0 radical (unpaired) electrons. The summed E-state index contributed by atoms with van der Waals surface area (Å²) in [5.74, 6) is -9.72. The van der Waals surface area contributed by atoms with Crippen LogP contribution in [0.25, 0.3) is 0 Å². The fourth-order valence-corrected chi connectivity index (χ4v) is 8.03. The highest BCUT2D eigenvalue weighted by Gasteiger charge is 2.47. The predicted molar refractivity (Wildman–Crippen MR) is 245 cm³/mol. The number of ether oxygens (including phenoxy) is 1. The number of nitrogens with zero attached hydrogens (tertiary/aromatic N) is 2. The van der Waals surface area contributed by atoms with Crippen LogP contribution in [0.1, 0.15) is 100.0 Å². The molecule has 2 aliphatic rings. The van der Waals surface area contributed by atoms with Gasteiger partial charge < -0.3 is 66.9 Å². The molecule has 2 bridgehead atoms. The van der Waals surface area contributed by atoms with Gasteiger partial charge in [0.1, 0.15) is 66.4 Å². The number of rotatable bonds is 14. The molecule has 380 valence electrons. The molecule has 0 aromatic heterocycles. The Morgan fingerprint density at radius 3 is 2.09 bits per heavy atom. The highest BCUT2D eigenvalue weighted by molar-refractivity contribution is 6.32. The molecule has 68 heavy (non-hydrogen) atoms. The number of benzene rings is 1. The van der Waals surface area contributed by atoms with E-state index in [-0.39, 0.29) is 48.8 Å². The summed E-state index contributed by atoms with van der Waals surface area (Å²) in [4.78, 5) is 127. The lowest BCUT2D eigenvalue weighted by Gasteiger charge is -2.43. The SMILES string of the molecule is CCCC(=O)N[C@@H](C)C(=O)N[C@H](C(=O)N[C@@H]1C(=O)N[C@@H](CC(C)C)C(=O)N[C@@H]2CC[C@H](O)N(C2=O)[C@@H]([C@@H](C)O)C(=O)N(C)[C@@H](Cc2ccc(O)c(Cl)c2)C(=O)NC(C(C)C)C(=O)O[C@@H]1C)[C@@H](C)O. The molecule has 0 aliphatic carbocycles. The molecule has 0 saturated carbocycles. The number of amides is 8. The van der Waals surface area contributed by atoms with Crippen molar-refractivity contribution in [2.45, 2.75) is 174 Å². The zero-order valence-electron chi connectivity index (χ0n) is 40.2. The number of carbonyl (C=O) groups excluding carboxylic acids is 9. The molecular formula is C45H69ClN8O14.